The van der Waals surface area contributed by atoms with Crippen molar-refractivity contribution in [2.75, 3.05) is 18.4 Å². The molecule has 2 aliphatic rings. The van der Waals surface area contributed by atoms with E-state index in [9.17, 15) is 13.2 Å². The summed E-state index contributed by atoms with van der Waals surface area (Å²) in [6.45, 7) is 2.61. The van der Waals surface area contributed by atoms with Gasteiger partial charge in [0.15, 0.2) is 0 Å². The van der Waals surface area contributed by atoms with Crippen LogP contribution in [0.4, 0.5) is 5.69 Å². The summed E-state index contributed by atoms with van der Waals surface area (Å²) in [6.07, 6.45) is 4.10. The molecule has 1 heterocycles. The second-order valence-corrected chi connectivity index (χ2v) is 10.3. The lowest BCUT2D eigenvalue weighted by Gasteiger charge is -2.30. The van der Waals surface area contributed by atoms with Crippen LogP contribution in [0.5, 0.6) is 0 Å². The van der Waals surface area contributed by atoms with Gasteiger partial charge in [-0.05, 0) is 86.1 Å². The molecule has 1 fully saturated rings. The molecule has 7 heteroatoms. The van der Waals surface area contributed by atoms with Crippen molar-refractivity contribution < 1.29 is 13.2 Å². The maximum atomic E-state index is 13.0. The Kier molecular flexibility index (Phi) is 5.69. The average Bonchev–Trinajstić information content (AvgIpc) is 3.18. The zero-order valence-corrected chi connectivity index (χ0v) is 18.0. The number of carbonyl (C=O) groups is 1. The molecular formula is C22H25ClN2O3S. The van der Waals surface area contributed by atoms with Crippen molar-refractivity contribution in [3.63, 3.8) is 0 Å². The highest BCUT2D eigenvalue weighted by atomic mass is 35.5. The molecule has 0 aromatic heterocycles. The minimum Gasteiger partial charge on any atom is -0.326 e. The van der Waals surface area contributed by atoms with Gasteiger partial charge in [0, 0.05) is 29.7 Å². The van der Waals surface area contributed by atoms with Crippen molar-refractivity contribution in [2.24, 2.45) is 5.92 Å². The SMILES string of the molecule is Cc1cc(Cl)ccc1NC(=O)C1CCN(S(=O)(=O)c2ccc3c(c2)CCC3)CC1. The van der Waals surface area contributed by atoms with Gasteiger partial charge in [0.05, 0.1) is 4.90 Å². The predicted octanol–water partition coefficient (Wildman–Crippen LogP) is 4.18. The first-order chi connectivity index (χ1) is 13.8. The van der Waals surface area contributed by atoms with Crippen molar-refractivity contribution in [1.82, 2.24) is 4.31 Å². The van der Waals surface area contributed by atoms with Crippen LogP contribution in [0.2, 0.25) is 5.02 Å². The highest BCUT2D eigenvalue weighted by molar-refractivity contribution is 7.89. The van der Waals surface area contributed by atoms with Gasteiger partial charge in [0.1, 0.15) is 0 Å². The third kappa shape index (κ3) is 4.20. The van der Waals surface area contributed by atoms with Gasteiger partial charge in [-0.25, -0.2) is 8.42 Å². The molecule has 1 aliphatic heterocycles. The Hall–Kier alpha value is -1.89. The van der Waals surface area contributed by atoms with Crippen molar-refractivity contribution in [3.05, 3.63) is 58.1 Å². The molecule has 0 bridgehead atoms. The van der Waals surface area contributed by atoms with Crippen LogP contribution in [0, 0.1) is 12.8 Å². The largest absolute Gasteiger partial charge is 0.326 e. The second-order valence-electron chi connectivity index (χ2n) is 7.91. The van der Waals surface area contributed by atoms with Crippen LogP contribution in [0.3, 0.4) is 0 Å². The Morgan fingerprint density at radius 2 is 1.79 bits per heavy atom. The van der Waals surface area contributed by atoms with Crippen LogP contribution in [0.15, 0.2) is 41.3 Å². The van der Waals surface area contributed by atoms with E-state index >= 15 is 0 Å². The van der Waals surface area contributed by atoms with Gasteiger partial charge in [-0.2, -0.15) is 4.31 Å². The molecule has 154 valence electrons. The number of anilines is 1. The van der Waals surface area contributed by atoms with E-state index in [2.05, 4.69) is 5.32 Å². The predicted molar refractivity (Wildman–Crippen MR) is 115 cm³/mol. The van der Waals surface area contributed by atoms with Gasteiger partial charge in [0.25, 0.3) is 0 Å². The summed E-state index contributed by atoms with van der Waals surface area (Å²) in [7, 11) is -3.52. The van der Waals surface area contributed by atoms with E-state index < -0.39 is 10.0 Å². The molecule has 1 N–H and O–H groups in total. The number of amides is 1. The Bertz CT molecular complexity index is 1040. The molecule has 1 saturated heterocycles. The summed E-state index contributed by atoms with van der Waals surface area (Å²) in [5.74, 6) is -0.262. The maximum absolute atomic E-state index is 13.0. The van der Waals surface area contributed by atoms with Crippen LogP contribution in [0.1, 0.15) is 36.0 Å². The van der Waals surface area contributed by atoms with Crippen LogP contribution in [0.25, 0.3) is 0 Å². The number of piperidine rings is 1. The summed E-state index contributed by atoms with van der Waals surface area (Å²) >= 11 is 5.97. The number of nitrogens with zero attached hydrogens (tertiary/aromatic N) is 1. The van der Waals surface area contributed by atoms with Crippen molar-refractivity contribution in [3.8, 4) is 0 Å². The summed E-state index contributed by atoms with van der Waals surface area (Å²) in [5.41, 5.74) is 4.06. The highest BCUT2D eigenvalue weighted by Gasteiger charge is 2.32. The molecular weight excluding hydrogens is 408 g/mol. The highest BCUT2D eigenvalue weighted by Crippen LogP contribution is 2.29. The van der Waals surface area contributed by atoms with E-state index in [4.69, 9.17) is 11.6 Å². The van der Waals surface area contributed by atoms with Gasteiger partial charge in [0.2, 0.25) is 15.9 Å². The molecule has 0 saturated carbocycles. The second kappa shape index (κ2) is 8.09. The average molecular weight is 433 g/mol. The summed E-state index contributed by atoms with van der Waals surface area (Å²) in [4.78, 5) is 13.0. The Balaban J connectivity index is 1.40. The number of benzene rings is 2. The van der Waals surface area contributed by atoms with Crippen LogP contribution < -0.4 is 5.32 Å². The summed E-state index contributed by atoms with van der Waals surface area (Å²) in [6, 6.07) is 10.9. The number of carbonyl (C=O) groups excluding carboxylic acids is 1. The first kappa shape index (κ1) is 20.4. The van der Waals surface area contributed by atoms with E-state index in [1.165, 1.54) is 9.87 Å². The first-order valence-electron chi connectivity index (χ1n) is 10.0. The van der Waals surface area contributed by atoms with Gasteiger partial charge >= 0.3 is 0 Å². The molecule has 2 aromatic rings. The number of hydrogen-bond acceptors (Lipinski definition) is 3. The standard InChI is InChI=1S/C22H25ClN2O3S/c1-15-13-19(23)6-8-21(15)24-22(26)17-9-11-25(12-10-17)29(27,28)20-7-5-16-3-2-4-18(16)14-20/h5-8,13-14,17H,2-4,9-12H2,1H3,(H,24,26). The summed E-state index contributed by atoms with van der Waals surface area (Å²) in [5, 5.41) is 3.59. The van der Waals surface area contributed by atoms with E-state index in [-0.39, 0.29) is 11.8 Å². The molecule has 0 atom stereocenters. The fourth-order valence-corrected chi connectivity index (χ4v) is 5.97. The molecule has 1 aliphatic carbocycles. The molecule has 0 radical (unpaired) electrons. The molecule has 0 spiro atoms. The maximum Gasteiger partial charge on any atom is 0.243 e. The fourth-order valence-electron chi connectivity index (χ4n) is 4.22. The molecule has 2 aromatic carbocycles. The Labute approximate surface area is 177 Å². The number of halogens is 1. The zero-order valence-electron chi connectivity index (χ0n) is 16.4. The van der Waals surface area contributed by atoms with E-state index in [0.717, 1.165) is 36.1 Å². The monoisotopic (exact) mass is 432 g/mol. The van der Waals surface area contributed by atoms with E-state index in [1.54, 1.807) is 18.2 Å². The Morgan fingerprint density at radius 1 is 1.07 bits per heavy atom. The van der Waals surface area contributed by atoms with Gasteiger partial charge in [-0.1, -0.05) is 17.7 Å². The van der Waals surface area contributed by atoms with E-state index in [0.29, 0.717) is 35.8 Å². The Morgan fingerprint density at radius 3 is 2.52 bits per heavy atom. The molecule has 1 amide bonds. The van der Waals surface area contributed by atoms with Crippen molar-refractivity contribution in [1.29, 1.82) is 0 Å². The van der Waals surface area contributed by atoms with Crippen molar-refractivity contribution >= 4 is 33.2 Å². The lowest BCUT2D eigenvalue weighted by molar-refractivity contribution is -0.120. The minimum absolute atomic E-state index is 0.0648. The zero-order chi connectivity index (χ0) is 20.6. The molecule has 5 nitrogen and oxygen atoms in total. The third-order valence-electron chi connectivity index (χ3n) is 5.98. The number of aryl methyl sites for hydroxylation is 3. The summed E-state index contributed by atoms with van der Waals surface area (Å²) < 4.78 is 27.6. The van der Waals surface area contributed by atoms with Gasteiger partial charge in [-0.3, -0.25) is 4.79 Å². The molecule has 4 rings (SSSR count). The fraction of sp³-hybridized carbons (Fsp3) is 0.409. The molecule has 0 unspecified atom stereocenters. The van der Waals surface area contributed by atoms with Gasteiger partial charge < -0.3 is 5.32 Å². The number of rotatable bonds is 4. The third-order valence-corrected chi connectivity index (χ3v) is 8.11. The van der Waals surface area contributed by atoms with E-state index in [1.807, 2.05) is 25.1 Å². The number of nitrogens with one attached hydrogen (secondary N) is 1. The lowest BCUT2D eigenvalue weighted by Crippen LogP contribution is -2.41. The minimum atomic E-state index is -3.52. The van der Waals surface area contributed by atoms with Crippen LogP contribution >= 0.6 is 11.6 Å². The number of fused-ring (bicyclic) bond motifs is 1. The topological polar surface area (TPSA) is 66.5 Å². The first-order valence-corrected chi connectivity index (χ1v) is 11.9. The lowest BCUT2D eigenvalue weighted by atomic mass is 9.97. The van der Waals surface area contributed by atoms with Crippen molar-refractivity contribution in [2.45, 2.75) is 43.9 Å². The van der Waals surface area contributed by atoms with Crippen LogP contribution in [-0.4, -0.2) is 31.7 Å². The number of sulfonamides is 1. The van der Waals surface area contributed by atoms with Crippen LogP contribution in [-0.2, 0) is 27.7 Å². The smallest absolute Gasteiger partial charge is 0.243 e. The molecule has 29 heavy (non-hydrogen) atoms. The van der Waals surface area contributed by atoms with Gasteiger partial charge in [-0.15, -0.1) is 0 Å². The normalized spacial score (nSPS) is 17.9. The quantitative estimate of drug-likeness (QED) is 0.788. The number of hydrogen-bond donors (Lipinski definition) is 1.